The molecule has 1 fully saturated rings. The summed E-state index contributed by atoms with van der Waals surface area (Å²) in [7, 11) is 0. The Bertz CT molecular complexity index is 586. The van der Waals surface area contributed by atoms with Gasteiger partial charge in [0.25, 0.3) is 0 Å². The summed E-state index contributed by atoms with van der Waals surface area (Å²) in [6, 6.07) is -0.0807. The highest BCUT2D eigenvalue weighted by molar-refractivity contribution is 5.69. The monoisotopic (exact) mass is 338 g/mol. The number of amides is 1. The summed E-state index contributed by atoms with van der Waals surface area (Å²) >= 11 is 0. The van der Waals surface area contributed by atoms with Gasteiger partial charge in [-0.25, -0.2) is 10.0 Å². The number of aromatic nitrogens is 1. The van der Waals surface area contributed by atoms with Crippen molar-refractivity contribution in [3.8, 4) is 0 Å². The molecule has 0 bridgehead atoms. The molecule has 1 unspecified atom stereocenters. The third kappa shape index (κ3) is 4.80. The molecule has 0 aliphatic carbocycles. The van der Waals surface area contributed by atoms with Gasteiger partial charge in [-0.15, -0.1) is 0 Å². The van der Waals surface area contributed by atoms with Crippen molar-refractivity contribution >= 4 is 17.5 Å². The molecule has 1 aliphatic rings. The lowest BCUT2D eigenvalue weighted by Gasteiger charge is -2.36. The van der Waals surface area contributed by atoms with E-state index in [0.717, 1.165) is 24.9 Å². The molecular weight excluding hydrogens is 312 g/mol. The quantitative estimate of drug-likeness (QED) is 0.718. The number of nitrogens with one attached hydrogen (secondary N) is 2. The van der Waals surface area contributed by atoms with E-state index >= 15 is 0 Å². The Morgan fingerprint density at radius 1 is 1.50 bits per heavy atom. The second kappa shape index (κ2) is 7.33. The molecule has 0 aromatic carbocycles. The molecule has 0 spiro atoms. The topological polar surface area (TPSA) is 102 Å². The van der Waals surface area contributed by atoms with E-state index in [1.807, 2.05) is 32.6 Å². The van der Waals surface area contributed by atoms with Crippen molar-refractivity contribution in [2.24, 2.45) is 0 Å². The first kappa shape index (κ1) is 18.4. The molecule has 1 saturated heterocycles. The highest BCUT2D eigenvalue weighted by Gasteiger charge is 2.27. The van der Waals surface area contributed by atoms with Crippen LogP contribution in [0, 0.1) is 12.1 Å². The Morgan fingerprint density at radius 3 is 2.83 bits per heavy atom. The Morgan fingerprint density at radius 2 is 2.21 bits per heavy atom. The number of aryl methyl sites for hydroxylation is 1. The molecule has 8 heteroatoms. The van der Waals surface area contributed by atoms with Crippen molar-refractivity contribution in [3.05, 3.63) is 23.2 Å². The number of nitrogens with zero attached hydrogens (tertiary/aromatic N) is 2. The highest BCUT2D eigenvalue weighted by Crippen LogP contribution is 2.28. The van der Waals surface area contributed by atoms with Gasteiger partial charge in [-0.3, -0.25) is 4.98 Å². The maximum atomic E-state index is 12.0. The van der Waals surface area contributed by atoms with E-state index in [-0.39, 0.29) is 11.7 Å². The van der Waals surface area contributed by atoms with Gasteiger partial charge in [0.1, 0.15) is 11.3 Å². The van der Waals surface area contributed by atoms with Crippen molar-refractivity contribution < 1.29 is 20.0 Å². The summed E-state index contributed by atoms with van der Waals surface area (Å²) < 4.78 is 5.29. The second-order valence-electron chi connectivity index (χ2n) is 7.09. The van der Waals surface area contributed by atoms with Gasteiger partial charge in [0.05, 0.1) is 6.20 Å². The molecule has 1 aliphatic heterocycles. The number of piperidine rings is 1. The molecule has 0 radical (unpaired) electrons. The van der Waals surface area contributed by atoms with Gasteiger partial charge in [-0.05, 0) is 46.1 Å². The van der Waals surface area contributed by atoms with Crippen molar-refractivity contribution in [2.45, 2.75) is 52.2 Å². The molecule has 2 heterocycles. The molecule has 2 atom stereocenters. The lowest BCUT2D eigenvalue weighted by Crippen LogP contribution is -2.99. The van der Waals surface area contributed by atoms with E-state index in [1.54, 1.807) is 6.20 Å². The average Bonchev–Trinajstić information content (AvgIpc) is 2.44. The molecule has 0 saturated carbocycles. The van der Waals surface area contributed by atoms with Crippen LogP contribution in [-0.2, 0) is 4.74 Å². The van der Waals surface area contributed by atoms with Gasteiger partial charge < -0.3 is 20.2 Å². The van der Waals surface area contributed by atoms with Crippen molar-refractivity contribution in [2.75, 3.05) is 18.0 Å². The number of carbonyl (C=O) groups is 1. The summed E-state index contributed by atoms with van der Waals surface area (Å²) in [5, 5.41) is 22.8. The van der Waals surface area contributed by atoms with E-state index in [9.17, 15) is 15.2 Å². The summed E-state index contributed by atoms with van der Waals surface area (Å²) in [4.78, 5) is 17.9. The minimum Gasteiger partial charge on any atom is -0.595 e. The number of pyridine rings is 1. The van der Waals surface area contributed by atoms with Gasteiger partial charge in [-0.1, -0.05) is 0 Å². The van der Waals surface area contributed by atoms with Crippen LogP contribution in [0.3, 0.4) is 0 Å². The van der Waals surface area contributed by atoms with E-state index in [2.05, 4.69) is 10.3 Å². The SMILES string of the molecule is Cc1cncc([NH+]([O-])O)c1N1CCC[C@H](NC(=O)OC(C)(C)C)C1. The predicted octanol–water partition coefficient (Wildman–Crippen LogP) is 1.29. The first-order chi connectivity index (χ1) is 11.2. The second-order valence-corrected chi connectivity index (χ2v) is 7.09. The lowest BCUT2D eigenvalue weighted by molar-refractivity contribution is -0.991. The highest BCUT2D eigenvalue weighted by atomic mass is 16.8. The molecular formula is C16H26N4O4. The van der Waals surface area contributed by atoms with Crippen LogP contribution < -0.4 is 15.4 Å². The molecule has 1 aromatic heterocycles. The number of hydrogen-bond acceptors (Lipinski definition) is 6. The van der Waals surface area contributed by atoms with Crippen molar-refractivity contribution in [1.82, 2.24) is 10.3 Å². The van der Waals surface area contributed by atoms with Crippen LogP contribution in [0.2, 0.25) is 0 Å². The molecule has 24 heavy (non-hydrogen) atoms. The van der Waals surface area contributed by atoms with Crippen LogP contribution >= 0.6 is 0 Å². The van der Waals surface area contributed by atoms with Crippen LogP contribution in [0.4, 0.5) is 16.2 Å². The number of rotatable bonds is 3. The molecule has 8 nitrogen and oxygen atoms in total. The third-order valence-corrected chi connectivity index (χ3v) is 3.79. The zero-order valence-electron chi connectivity index (χ0n) is 14.6. The van der Waals surface area contributed by atoms with Gasteiger partial charge >= 0.3 is 6.09 Å². The predicted molar refractivity (Wildman–Crippen MR) is 89.4 cm³/mol. The summed E-state index contributed by atoms with van der Waals surface area (Å²) in [5.41, 5.74) is 1.13. The van der Waals surface area contributed by atoms with E-state index in [1.165, 1.54) is 6.20 Å². The molecule has 2 rings (SSSR count). The fourth-order valence-corrected chi connectivity index (χ4v) is 2.91. The zero-order valence-corrected chi connectivity index (χ0v) is 14.6. The average molecular weight is 338 g/mol. The standard InChI is InChI=1S/C16H26N4O4/c1-11-8-17-9-13(20(22)23)14(11)19-7-5-6-12(10-19)18-15(21)24-16(2,3)4/h8-9,12,20,22H,5-7,10H2,1-4H3,(H,18,21)/t12-/m0/s1. The Kier molecular flexibility index (Phi) is 5.63. The first-order valence-electron chi connectivity index (χ1n) is 8.10. The minimum absolute atomic E-state index is 0.0807. The number of ether oxygens (including phenoxy) is 1. The maximum Gasteiger partial charge on any atom is 0.407 e. The minimum atomic E-state index is -0.997. The van der Waals surface area contributed by atoms with Crippen LogP contribution in [0.15, 0.2) is 12.4 Å². The Balaban J connectivity index is 2.10. The normalized spacial score (nSPS) is 19.8. The number of quaternary nitrogens is 1. The van der Waals surface area contributed by atoms with Crippen LogP contribution in [0.5, 0.6) is 0 Å². The maximum absolute atomic E-state index is 12.0. The molecule has 1 amide bonds. The number of alkyl carbamates (subject to hydrolysis) is 1. The summed E-state index contributed by atoms with van der Waals surface area (Å²) in [6.07, 6.45) is 4.28. The fraction of sp³-hybridized carbons (Fsp3) is 0.625. The van der Waals surface area contributed by atoms with E-state index in [4.69, 9.17) is 4.74 Å². The number of hydrogen-bond donors (Lipinski definition) is 3. The van der Waals surface area contributed by atoms with E-state index < -0.39 is 16.9 Å². The van der Waals surface area contributed by atoms with Crippen LogP contribution in [0.1, 0.15) is 39.2 Å². The Labute approximate surface area is 142 Å². The summed E-state index contributed by atoms with van der Waals surface area (Å²) in [6.45, 7) is 8.60. The largest absolute Gasteiger partial charge is 0.595 e. The first-order valence-corrected chi connectivity index (χ1v) is 8.10. The summed E-state index contributed by atoms with van der Waals surface area (Å²) in [5.74, 6) is 0. The third-order valence-electron chi connectivity index (χ3n) is 3.79. The van der Waals surface area contributed by atoms with Crippen LogP contribution in [-0.4, -0.2) is 41.0 Å². The lowest BCUT2D eigenvalue weighted by atomic mass is 10.0. The zero-order chi connectivity index (χ0) is 17.9. The fourth-order valence-electron chi connectivity index (χ4n) is 2.91. The number of carbonyl (C=O) groups excluding carboxylic acids is 1. The molecule has 3 N–H and O–H groups in total. The van der Waals surface area contributed by atoms with Crippen LogP contribution in [0.25, 0.3) is 0 Å². The van der Waals surface area contributed by atoms with Gasteiger partial charge in [0, 0.05) is 25.3 Å². The van der Waals surface area contributed by atoms with Gasteiger partial charge in [-0.2, -0.15) is 5.23 Å². The molecule has 1 aromatic rings. The molecule has 134 valence electrons. The van der Waals surface area contributed by atoms with Gasteiger partial charge in [0.15, 0.2) is 0 Å². The van der Waals surface area contributed by atoms with E-state index in [0.29, 0.717) is 12.2 Å². The van der Waals surface area contributed by atoms with Crippen molar-refractivity contribution in [1.29, 1.82) is 0 Å². The van der Waals surface area contributed by atoms with Crippen molar-refractivity contribution in [3.63, 3.8) is 0 Å². The van der Waals surface area contributed by atoms with Gasteiger partial charge in [0.2, 0.25) is 5.69 Å². The number of anilines is 1. The smallest absolute Gasteiger partial charge is 0.407 e. The Hall–Kier alpha value is -1.90.